The van der Waals surface area contributed by atoms with E-state index in [9.17, 15) is 26.2 Å². The Hall–Kier alpha value is -11.9. The lowest BCUT2D eigenvalue weighted by Gasteiger charge is -2.38. The molecule has 109 heavy (non-hydrogen) atoms. The van der Waals surface area contributed by atoms with E-state index in [1.165, 1.54) is 11.4 Å². The zero-order valence-electron chi connectivity index (χ0n) is 60.5. The Morgan fingerprint density at radius 1 is 0.394 bits per heavy atom. The molecule has 22 nitrogen and oxygen atoms in total. The van der Waals surface area contributed by atoms with Gasteiger partial charge in [-0.15, -0.1) is 0 Å². The van der Waals surface area contributed by atoms with Gasteiger partial charge in [0.15, 0.2) is 0 Å². The van der Waals surface area contributed by atoms with Gasteiger partial charge in [-0.05, 0) is 132 Å². The van der Waals surface area contributed by atoms with Crippen LogP contribution in [-0.2, 0) is 30.2 Å². The number of hydrogen-bond donors (Lipinski definition) is 4. The van der Waals surface area contributed by atoms with E-state index < -0.39 is 0 Å². The second kappa shape index (κ2) is 33.1. The van der Waals surface area contributed by atoms with E-state index in [1.807, 2.05) is 96.0 Å². The molecule has 6 aliphatic heterocycles. The lowest BCUT2D eigenvalue weighted by Crippen LogP contribution is -2.51. The van der Waals surface area contributed by atoms with Crippen LogP contribution in [0, 0.1) is 45.3 Å². The van der Waals surface area contributed by atoms with Crippen LogP contribution >= 0.6 is 0 Å². The van der Waals surface area contributed by atoms with Crippen LogP contribution in [0.15, 0.2) is 176 Å². The van der Waals surface area contributed by atoms with Crippen LogP contribution in [0.5, 0.6) is 11.5 Å². The highest BCUT2D eigenvalue weighted by Gasteiger charge is 2.28. The molecule has 22 heteroatoms. The molecule has 4 N–H and O–H groups in total. The number of morpholine rings is 3. The number of aromatic amines is 3. The molecule has 12 aromatic rings. The molecule has 6 aromatic heterocycles. The summed E-state index contributed by atoms with van der Waals surface area (Å²) >= 11 is 0. The second-order valence-electron chi connectivity index (χ2n) is 28.0. The Bertz CT molecular complexity index is 5420. The second-order valence-corrected chi connectivity index (χ2v) is 28.0. The quantitative estimate of drug-likeness (QED) is 0.0742. The summed E-state index contributed by atoms with van der Waals surface area (Å²) in [6.45, 7) is 14.6. The van der Waals surface area contributed by atoms with Crippen LogP contribution in [0.2, 0.25) is 0 Å². The van der Waals surface area contributed by atoms with Crippen LogP contribution in [0.3, 0.4) is 0 Å². The van der Waals surface area contributed by atoms with Crippen molar-refractivity contribution in [2.45, 2.75) is 50.5 Å². The minimum absolute atomic E-state index is 0.0530. The van der Waals surface area contributed by atoms with Gasteiger partial charge >= 0.3 is 0 Å². The predicted molar refractivity (Wildman–Crippen MR) is 419 cm³/mol. The Labute approximate surface area is 631 Å². The molecule has 18 rings (SSSR count). The summed E-state index contributed by atoms with van der Waals surface area (Å²) in [7, 11) is 0. The Kier molecular flexibility index (Phi) is 21.6. The molecule has 6 saturated heterocycles. The molecule has 548 valence electrons. The first-order chi connectivity index (χ1) is 53.7. The first-order valence-electron chi connectivity index (χ1n) is 37.4. The number of aliphatic hydroxyl groups excluding tert-OH is 1. The number of hydrogen-bond acceptors (Lipinski definition) is 19. The number of β-amino-alcohol motifs (C(OH)–C–C–N with tert-alkyl or cyclic N) is 1. The van der Waals surface area contributed by atoms with Crippen molar-refractivity contribution >= 4 is 49.8 Å². The van der Waals surface area contributed by atoms with Crippen molar-refractivity contribution in [2.24, 2.45) is 0 Å². The fourth-order valence-corrected chi connectivity index (χ4v) is 15.1. The molecule has 6 fully saturated rings. The third-order valence-electron chi connectivity index (χ3n) is 21.0. The van der Waals surface area contributed by atoms with Crippen molar-refractivity contribution in [1.29, 1.82) is 21.0 Å². The minimum atomic E-state index is -0.317. The van der Waals surface area contributed by atoms with Crippen molar-refractivity contribution in [2.75, 3.05) is 133 Å². The zero-order chi connectivity index (χ0) is 74.0. The van der Waals surface area contributed by atoms with Gasteiger partial charge in [-0.1, -0.05) is 42.5 Å². The van der Waals surface area contributed by atoms with Crippen LogP contribution in [0.1, 0.15) is 53.5 Å². The third-order valence-corrected chi connectivity index (χ3v) is 21.0. The molecule has 0 spiro atoms. The van der Waals surface area contributed by atoms with Crippen molar-refractivity contribution < 1.29 is 38.3 Å². The van der Waals surface area contributed by atoms with E-state index >= 15 is 0 Å². The SMILES string of the molecule is N#Cc1cc(-c2cc3c(-c4ccc(OC5CCOCC5)c(C#N)c4)nccc3[nH]2)ccc1OC1CCOCC1.N#Cc1cc(-c2nccc3[nH]c(-c4ccc(N5CCOCC5)cc4)cc23)ccc1N1CC(O)C1.N#Cc1cc(-c2nccc3[nH]c(-c4cccc(N5CCOCC5)c4)cc23)ccc1CN1CCOCC1. The Morgan fingerprint density at radius 3 is 1.31 bits per heavy atom. The van der Waals surface area contributed by atoms with Crippen LogP contribution in [-0.4, -0.2) is 177 Å². The van der Waals surface area contributed by atoms with E-state index in [0.29, 0.717) is 73.3 Å². The average molecular weight is 1450 g/mol. The highest BCUT2D eigenvalue weighted by atomic mass is 16.5. The predicted octanol–water partition coefficient (Wildman–Crippen LogP) is 14.0. The largest absolute Gasteiger partial charge is 0.489 e. The lowest BCUT2D eigenvalue weighted by molar-refractivity contribution is 0.0252. The van der Waals surface area contributed by atoms with Crippen molar-refractivity contribution in [3.8, 4) is 103 Å². The number of ether oxygens (including phenoxy) is 7. The molecule has 0 bridgehead atoms. The van der Waals surface area contributed by atoms with E-state index in [0.717, 1.165) is 223 Å². The number of benzene rings is 6. The van der Waals surface area contributed by atoms with Crippen molar-refractivity contribution in [3.63, 3.8) is 0 Å². The molecule has 0 amide bonds. The number of nitriles is 4. The summed E-state index contributed by atoms with van der Waals surface area (Å²) in [5, 5.41) is 51.9. The highest BCUT2D eigenvalue weighted by Crippen LogP contribution is 2.39. The van der Waals surface area contributed by atoms with Gasteiger partial charge in [0.2, 0.25) is 0 Å². The smallest absolute Gasteiger partial charge is 0.137 e. The average Bonchev–Trinajstić information content (AvgIpc) is 1.65. The monoisotopic (exact) mass is 1450 g/mol. The lowest BCUT2D eigenvalue weighted by atomic mass is 10.00. The van der Waals surface area contributed by atoms with Crippen LogP contribution < -0.4 is 24.2 Å². The molecule has 0 radical (unpaired) electrons. The first-order valence-corrected chi connectivity index (χ1v) is 37.4. The fraction of sp³-hybridized carbons (Fsp3) is 0.299. The Balaban J connectivity index is 0.000000125. The Morgan fingerprint density at radius 2 is 0.807 bits per heavy atom. The van der Waals surface area contributed by atoms with E-state index in [-0.39, 0.29) is 18.3 Å². The van der Waals surface area contributed by atoms with Gasteiger partial charge in [0.25, 0.3) is 0 Å². The molecule has 12 heterocycles. The number of nitrogens with one attached hydrogen (secondary N) is 3. The summed E-state index contributed by atoms with van der Waals surface area (Å²) in [4.78, 5) is 33.7. The summed E-state index contributed by atoms with van der Waals surface area (Å²) in [5.41, 5.74) is 20.8. The van der Waals surface area contributed by atoms with Gasteiger partial charge < -0.3 is 67.9 Å². The standard InChI is InChI=1S/C31H28N4O4.C29H29N5O2.C27H25N5O2/c32-18-22-15-20(1-3-29(22)38-24-6-11-36-12-7-24)28-17-26-27(35-28)5-10-34-31(26)21-2-4-30(23(16-21)19-33)39-25-8-13-37-14-9-25;30-19-24-16-22(4-5-23(24)20-33-8-12-35-13-9-33)29-26-18-28(32-27(26)6-7-31-29)21-2-1-3-25(17-21)34-10-14-36-15-11-34;28-15-20-13-19(3-6-26(20)32-16-22(33)17-32)27-23-14-25(30-24(23)7-8-29-27)18-1-4-21(5-2-18)31-9-11-34-12-10-31/h1-5,10,15-17,24-25,35H,6-9,11-14H2;1-7,16-18,32H,8-15,20H2;1-8,13-14,22,30,33H,9-12,16-17H2. The van der Waals surface area contributed by atoms with Crippen molar-refractivity contribution in [3.05, 3.63) is 204 Å². The maximum Gasteiger partial charge on any atom is 0.137 e. The summed E-state index contributed by atoms with van der Waals surface area (Å²) in [5.74, 6) is 1.18. The van der Waals surface area contributed by atoms with Gasteiger partial charge in [-0.25, -0.2) is 0 Å². The maximum atomic E-state index is 9.89. The molecule has 0 atom stereocenters. The molecular weight excluding hydrogens is 1370 g/mol. The number of aliphatic hydroxyl groups is 1. The van der Waals surface area contributed by atoms with E-state index in [1.54, 1.807) is 12.4 Å². The number of rotatable bonds is 15. The third kappa shape index (κ3) is 16.1. The number of aromatic nitrogens is 6. The highest BCUT2D eigenvalue weighted by molar-refractivity contribution is 5.99. The van der Waals surface area contributed by atoms with Gasteiger partial charge in [-0.2, -0.15) is 21.0 Å². The minimum Gasteiger partial charge on any atom is -0.489 e. The van der Waals surface area contributed by atoms with Gasteiger partial charge in [0, 0.05) is 187 Å². The number of fused-ring (bicyclic) bond motifs is 3. The summed E-state index contributed by atoms with van der Waals surface area (Å²) in [6.07, 6.45) is 8.45. The number of H-pyrrole nitrogens is 3. The summed E-state index contributed by atoms with van der Waals surface area (Å²) < 4.78 is 39.5. The van der Waals surface area contributed by atoms with Gasteiger partial charge in [0.1, 0.15) is 41.9 Å². The normalized spacial score (nSPS) is 16.6. The van der Waals surface area contributed by atoms with Crippen molar-refractivity contribution in [1.82, 2.24) is 34.8 Å². The first kappa shape index (κ1) is 71.3. The molecule has 0 aliphatic carbocycles. The number of nitrogens with zero attached hydrogens (tertiary/aromatic N) is 11. The van der Waals surface area contributed by atoms with Crippen LogP contribution in [0.4, 0.5) is 17.1 Å². The summed E-state index contributed by atoms with van der Waals surface area (Å²) in [6, 6.07) is 62.1. The molecule has 0 saturated carbocycles. The fourth-order valence-electron chi connectivity index (χ4n) is 15.1. The van der Waals surface area contributed by atoms with Gasteiger partial charge in [0.05, 0.1) is 123 Å². The number of pyridine rings is 3. The van der Waals surface area contributed by atoms with E-state index in [2.05, 4.69) is 137 Å². The zero-order valence-corrected chi connectivity index (χ0v) is 60.5. The van der Waals surface area contributed by atoms with E-state index in [4.69, 9.17) is 38.1 Å². The van der Waals surface area contributed by atoms with Gasteiger partial charge in [-0.3, -0.25) is 19.9 Å². The molecule has 6 aliphatic rings. The molecular formula is C87H82N14O8. The number of anilines is 3. The molecule has 0 unspecified atom stereocenters. The maximum absolute atomic E-state index is 9.89. The molecule has 6 aromatic carbocycles. The topological polar surface area (TPSA) is 279 Å². The van der Waals surface area contributed by atoms with Crippen LogP contribution in [0.25, 0.3) is 100 Å².